The van der Waals surface area contributed by atoms with E-state index >= 15 is 0 Å². The molecule has 0 aliphatic carbocycles. The van der Waals surface area contributed by atoms with Crippen LogP contribution in [0.15, 0.2) is 18.3 Å². The van der Waals surface area contributed by atoms with Crippen LogP contribution in [0.3, 0.4) is 0 Å². The molecule has 0 aliphatic rings. The fourth-order valence-electron chi connectivity index (χ4n) is 1.99. The van der Waals surface area contributed by atoms with E-state index in [9.17, 15) is 4.79 Å². The number of nitrogens with one attached hydrogen (secondary N) is 2. The lowest BCUT2D eigenvalue weighted by atomic mass is 10.1. The molecule has 5 heteroatoms. The third-order valence-corrected chi connectivity index (χ3v) is 3.10. The van der Waals surface area contributed by atoms with Crippen LogP contribution in [0.4, 0.5) is 4.79 Å². The molecule has 1 amide bonds. The Morgan fingerprint density at radius 2 is 1.95 bits per heavy atom. The normalized spacial score (nSPS) is 11.3. The van der Waals surface area contributed by atoms with Gasteiger partial charge in [0.1, 0.15) is 5.60 Å². The SMILES string of the molecule is Cc1cccnc1CCNCCCCNC(=O)OC(C)(C)C. The fraction of sp³-hybridized carbons (Fsp3) is 0.647. The lowest BCUT2D eigenvalue weighted by molar-refractivity contribution is 0.0527. The number of alkyl carbamates (subject to hydrolysis) is 1. The number of ether oxygens (including phenoxy) is 1. The number of hydrogen-bond acceptors (Lipinski definition) is 4. The number of hydrogen-bond donors (Lipinski definition) is 2. The van der Waals surface area contributed by atoms with Gasteiger partial charge in [-0.1, -0.05) is 6.07 Å². The van der Waals surface area contributed by atoms with Crippen molar-refractivity contribution < 1.29 is 9.53 Å². The summed E-state index contributed by atoms with van der Waals surface area (Å²) in [6, 6.07) is 4.05. The number of aromatic nitrogens is 1. The van der Waals surface area contributed by atoms with E-state index in [2.05, 4.69) is 28.6 Å². The highest BCUT2D eigenvalue weighted by Crippen LogP contribution is 2.06. The molecule has 1 aromatic rings. The zero-order valence-corrected chi connectivity index (χ0v) is 14.2. The summed E-state index contributed by atoms with van der Waals surface area (Å²) in [7, 11) is 0. The first-order chi connectivity index (χ1) is 10.4. The number of amides is 1. The van der Waals surface area contributed by atoms with Crippen LogP contribution in [-0.4, -0.2) is 36.3 Å². The van der Waals surface area contributed by atoms with Crippen molar-refractivity contribution in [2.45, 2.75) is 52.6 Å². The predicted molar refractivity (Wildman–Crippen MR) is 89.0 cm³/mol. The Kier molecular flexibility index (Phi) is 7.88. The molecule has 0 radical (unpaired) electrons. The predicted octanol–water partition coefficient (Wildman–Crippen LogP) is 2.83. The Morgan fingerprint density at radius 1 is 1.23 bits per heavy atom. The van der Waals surface area contributed by atoms with Crippen molar-refractivity contribution in [2.24, 2.45) is 0 Å². The number of nitrogens with zero attached hydrogens (tertiary/aromatic N) is 1. The molecule has 0 aliphatic heterocycles. The van der Waals surface area contributed by atoms with Crippen LogP contribution in [-0.2, 0) is 11.2 Å². The molecule has 1 rings (SSSR count). The van der Waals surface area contributed by atoms with E-state index in [1.165, 1.54) is 5.56 Å². The average molecular weight is 307 g/mol. The van der Waals surface area contributed by atoms with Gasteiger partial charge < -0.3 is 15.4 Å². The highest BCUT2D eigenvalue weighted by atomic mass is 16.6. The Bertz CT molecular complexity index is 455. The van der Waals surface area contributed by atoms with Gasteiger partial charge in [0.2, 0.25) is 0 Å². The van der Waals surface area contributed by atoms with Gasteiger partial charge in [-0.05, 0) is 58.7 Å². The molecule has 0 bridgehead atoms. The highest BCUT2D eigenvalue weighted by Gasteiger charge is 2.15. The third-order valence-electron chi connectivity index (χ3n) is 3.10. The van der Waals surface area contributed by atoms with Crippen molar-refractivity contribution in [1.82, 2.24) is 15.6 Å². The summed E-state index contributed by atoms with van der Waals surface area (Å²) in [5.74, 6) is 0. The Balaban J connectivity index is 1.98. The van der Waals surface area contributed by atoms with Gasteiger partial charge in [-0.2, -0.15) is 0 Å². The summed E-state index contributed by atoms with van der Waals surface area (Å²) in [5.41, 5.74) is 1.96. The number of rotatable bonds is 8. The van der Waals surface area contributed by atoms with Gasteiger partial charge in [-0.3, -0.25) is 4.98 Å². The molecule has 1 heterocycles. The van der Waals surface area contributed by atoms with E-state index in [0.717, 1.165) is 38.0 Å². The number of unbranched alkanes of at least 4 members (excludes halogenated alkanes) is 1. The summed E-state index contributed by atoms with van der Waals surface area (Å²) in [6.07, 6.45) is 4.41. The topological polar surface area (TPSA) is 63.2 Å². The minimum Gasteiger partial charge on any atom is -0.444 e. The van der Waals surface area contributed by atoms with Crippen LogP contribution in [0.1, 0.15) is 44.9 Å². The molecular formula is C17H29N3O2. The molecule has 0 saturated carbocycles. The Hall–Kier alpha value is -1.62. The zero-order chi connectivity index (χ0) is 16.4. The molecule has 124 valence electrons. The largest absolute Gasteiger partial charge is 0.444 e. The maximum atomic E-state index is 11.4. The molecule has 0 aromatic carbocycles. The Morgan fingerprint density at radius 3 is 2.64 bits per heavy atom. The molecule has 5 nitrogen and oxygen atoms in total. The van der Waals surface area contributed by atoms with Crippen molar-refractivity contribution >= 4 is 6.09 Å². The van der Waals surface area contributed by atoms with E-state index in [4.69, 9.17) is 4.74 Å². The molecule has 22 heavy (non-hydrogen) atoms. The number of pyridine rings is 1. The molecule has 1 aromatic heterocycles. The van der Waals surface area contributed by atoms with Crippen LogP contribution in [0.5, 0.6) is 0 Å². The molecule has 0 atom stereocenters. The van der Waals surface area contributed by atoms with Gasteiger partial charge in [0.15, 0.2) is 0 Å². The van der Waals surface area contributed by atoms with Crippen molar-refractivity contribution in [2.75, 3.05) is 19.6 Å². The van der Waals surface area contributed by atoms with Gasteiger partial charge in [0, 0.05) is 31.4 Å². The molecule has 2 N–H and O–H groups in total. The first-order valence-corrected chi connectivity index (χ1v) is 7.96. The highest BCUT2D eigenvalue weighted by molar-refractivity contribution is 5.67. The molecule has 0 fully saturated rings. The maximum Gasteiger partial charge on any atom is 0.407 e. The van der Waals surface area contributed by atoms with Gasteiger partial charge in [-0.15, -0.1) is 0 Å². The molecule has 0 saturated heterocycles. The van der Waals surface area contributed by atoms with E-state index < -0.39 is 5.60 Å². The zero-order valence-electron chi connectivity index (χ0n) is 14.2. The minimum absolute atomic E-state index is 0.342. The molecular weight excluding hydrogens is 278 g/mol. The molecule has 0 spiro atoms. The summed E-state index contributed by atoms with van der Waals surface area (Å²) >= 11 is 0. The Labute approximate surface area is 133 Å². The van der Waals surface area contributed by atoms with Gasteiger partial charge >= 0.3 is 6.09 Å². The van der Waals surface area contributed by atoms with E-state index in [-0.39, 0.29) is 6.09 Å². The third kappa shape index (κ3) is 8.62. The summed E-state index contributed by atoms with van der Waals surface area (Å²) in [5, 5.41) is 6.17. The van der Waals surface area contributed by atoms with Gasteiger partial charge in [0.05, 0.1) is 0 Å². The summed E-state index contributed by atoms with van der Waals surface area (Å²) in [4.78, 5) is 15.8. The van der Waals surface area contributed by atoms with E-state index in [1.54, 1.807) is 0 Å². The second-order valence-electron chi connectivity index (χ2n) is 6.40. The standard InChI is InChI=1S/C17H29N3O2/c1-14-8-7-12-19-15(14)9-13-18-10-5-6-11-20-16(21)22-17(2,3)4/h7-8,12,18H,5-6,9-11,13H2,1-4H3,(H,20,21). The minimum atomic E-state index is -0.435. The monoisotopic (exact) mass is 307 g/mol. The second kappa shape index (κ2) is 9.41. The molecule has 0 unspecified atom stereocenters. The number of carbonyl (C=O) groups is 1. The van der Waals surface area contributed by atoms with E-state index in [0.29, 0.717) is 6.54 Å². The first kappa shape index (κ1) is 18.4. The lowest BCUT2D eigenvalue weighted by Crippen LogP contribution is -2.33. The van der Waals surface area contributed by atoms with E-state index in [1.807, 2.05) is 33.0 Å². The lowest BCUT2D eigenvalue weighted by Gasteiger charge is -2.19. The summed E-state index contributed by atoms with van der Waals surface area (Å²) in [6.45, 7) is 10.2. The number of aryl methyl sites for hydroxylation is 1. The smallest absolute Gasteiger partial charge is 0.407 e. The maximum absolute atomic E-state index is 11.4. The summed E-state index contributed by atoms with van der Waals surface area (Å²) < 4.78 is 5.17. The van der Waals surface area contributed by atoms with Crippen molar-refractivity contribution in [3.63, 3.8) is 0 Å². The first-order valence-electron chi connectivity index (χ1n) is 7.96. The van der Waals surface area contributed by atoms with Crippen LogP contribution in [0, 0.1) is 6.92 Å². The van der Waals surface area contributed by atoms with Crippen LogP contribution >= 0.6 is 0 Å². The number of carbonyl (C=O) groups excluding carboxylic acids is 1. The van der Waals surface area contributed by atoms with Crippen LogP contribution in [0.25, 0.3) is 0 Å². The van der Waals surface area contributed by atoms with Crippen LogP contribution < -0.4 is 10.6 Å². The van der Waals surface area contributed by atoms with Crippen molar-refractivity contribution in [3.8, 4) is 0 Å². The fourth-order valence-corrected chi connectivity index (χ4v) is 1.99. The van der Waals surface area contributed by atoms with Crippen molar-refractivity contribution in [3.05, 3.63) is 29.6 Å². The van der Waals surface area contributed by atoms with Gasteiger partial charge in [-0.25, -0.2) is 4.79 Å². The van der Waals surface area contributed by atoms with Crippen molar-refractivity contribution in [1.29, 1.82) is 0 Å². The quantitative estimate of drug-likeness (QED) is 0.725. The van der Waals surface area contributed by atoms with Crippen LogP contribution in [0.2, 0.25) is 0 Å². The second-order valence-corrected chi connectivity index (χ2v) is 6.40. The van der Waals surface area contributed by atoms with Gasteiger partial charge in [0.25, 0.3) is 0 Å². The average Bonchev–Trinajstić information content (AvgIpc) is 2.41.